The second-order valence-corrected chi connectivity index (χ2v) is 10.6. The Hall–Kier alpha value is -1.46. The second-order valence-electron chi connectivity index (χ2n) is 8.54. The largest absolute Gasteiger partial charge is 0.462 e. The Kier molecular flexibility index (Phi) is 8.21. The molecule has 2 atom stereocenters. The van der Waals surface area contributed by atoms with Gasteiger partial charge in [-0.25, -0.2) is 5.09 Å². The fourth-order valence-electron chi connectivity index (χ4n) is 2.43. The SMILES string of the molecule is CC(C)C[C@H](NP(=O)(Oc1ccccc1)C(F)(F)C(C)(C)C)C(=O)OC(C)C. The van der Waals surface area contributed by atoms with E-state index in [1.54, 1.807) is 32.0 Å². The zero-order valence-electron chi connectivity index (χ0n) is 17.7. The Morgan fingerprint density at radius 2 is 1.64 bits per heavy atom. The lowest BCUT2D eigenvalue weighted by Gasteiger charge is -2.37. The maximum atomic E-state index is 15.3. The number of carbonyl (C=O) groups excluding carboxylic acids is 1. The molecule has 1 aromatic rings. The molecule has 1 rings (SSSR count). The van der Waals surface area contributed by atoms with Gasteiger partial charge in [-0.15, -0.1) is 0 Å². The molecule has 0 spiro atoms. The molecule has 0 aliphatic carbocycles. The van der Waals surface area contributed by atoms with Gasteiger partial charge < -0.3 is 9.26 Å². The first-order chi connectivity index (χ1) is 12.7. The van der Waals surface area contributed by atoms with Gasteiger partial charge in [0, 0.05) is 5.41 Å². The first kappa shape index (κ1) is 24.6. The monoisotopic (exact) mass is 419 g/mol. The molecule has 0 bridgehead atoms. The molecule has 0 aliphatic rings. The number of alkyl halides is 2. The molecule has 0 aliphatic heterocycles. The van der Waals surface area contributed by atoms with Crippen molar-refractivity contribution in [3.8, 4) is 5.75 Å². The molecule has 0 aromatic heterocycles. The van der Waals surface area contributed by atoms with Crippen molar-refractivity contribution in [3.63, 3.8) is 0 Å². The van der Waals surface area contributed by atoms with Crippen molar-refractivity contribution in [2.45, 2.75) is 72.7 Å². The summed E-state index contributed by atoms with van der Waals surface area (Å²) in [6.45, 7) is 10.8. The van der Waals surface area contributed by atoms with E-state index in [4.69, 9.17) is 9.26 Å². The average Bonchev–Trinajstić information content (AvgIpc) is 2.52. The Labute approximate surface area is 166 Å². The van der Waals surface area contributed by atoms with E-state index in [1.165, 1.54) is 32.9 Å². The molecule has 0 heterocycles. The third-order valence-electron chi connectivity index (χ3n) is 3.92. The molecule has 0 fully saturated rings. The number of para-hydroxylation sites is 1. The maximum absolute atomic E-state index is 15.3. The van der Waals surface area contributed by atoms with E-state index in [0.717, 1.165) is 0 Å². The van der Waals surface area contributed by atoms with Gasteiger partial charge >= 0.3 is 19.2 Å². The van der Waals surface area contributed by atoms with E-state index in [0.29, 0.717) is 0 Å². The third kappa shape index (κ3) is 6.28. The molecule has 1 unspecified atom stereocenters. The summed E-state index contributed by atoms with van der Waals surface area (Å²) >= 11 is 0. The van der Waals surface area contributed by atoms with Gasteiger partial charge in [-0.3, -0.25) is 9.36 Å². The van der Waals surface area contributed by atoms with Gasteiger partial charge in [-0.05, 0) is 38.3 Å². The Bertz CT molecular complexity index is 687. The number of hydrogen-bond donors (Lipinski definition) is 1. The molecule has 0 radical (unpaired) electrons. The fourth-order valence-corrected chi connectivity index (χ4v) is 4.68. The van der Waals surface area contributed by atoms with Crippen LogP contribution in [0.25, 0.3) is 0 Å². The number of nitrogens with one attached hydrogen (secondary N) is 1. The first-order valence-electron chi connectivity index (χ1n) is 9.40. The molecule has 1 aromatic carbocycles. The van der Waals surface area contributed by atoms with Gasteiger partial charge in [-0.2, -0.15) is 8.78 Å². The number of benzene rings is 1. The smallest absolute Gasteiger partial charge is 0.386 e. The van der Waals surface area contributed by atoms with Crippen molar-refractivity contribution in [1.82, 2.24) is 5.09 Å². The molecule has 28 heavy (non-hydrogen) atoms. The highest BCUT2D eigenvalue weighted by molar-refractivity contribution is 7.58. The van der Waals surface area contributed by atoms with Crippen molar-refractivity contribution < 1.29 is 27.4 Å². The lowest BCUT2D eigenvalue weighted by Crippen LogP contribution is -2.46. The van der Waals surface area contributed by atoms with Crippen LogP contribution < -0.4 is 9.61 Å². The lowest BCUT2D eigenvalue weighted by atomic mass is 9.97. The van der Waals surface area contributed by atoms with Crippen LogP contribution in [0.2, 0.25) is 0 Å². The van der Waals surface area contributed by atoms with Crippen molar-refractivity contribution in [1.29, 1.82) is 0 Å². The molecule has 5 nitrogen and oxygen atoms in total. The molecular weight excluding hydrogens is 387 g/mol. The Balaban J connectivity index is 3.35. The molecule has 0 saturated carbocycles. The zero-order chi connectivity index (χ0) is 21.8. The number of halogens is 2. The minimum absolute atomic E-state index is 0.0225. The molecule has 1 N–H and O–H groups in total. The first-order valence-corrected chi connectivity index (χ1v) is 11.0. The van der Waals surface area contributed by atoms with Gasteiger partial charge in [0.25, 0.3) is 0 Å². The van der Waals surface area contributed by atoms with E-state index in [-0.39, 0.29) is 18.1 Å². The van der Waals surface area contributed by atoms with E-state index in [2.05, 4.69) is 5.09 Å². The summed E-state index contributed by atoms with van der Waals surface area (Å²) in [4.78, 5) is 12.5. The Morgan fingerprint density at radius 1 is 1.11 bits per heavy atom. The van der Waals surface area contributed by atoms with Crippen molar-refractivity contribution in [2.75, 3.05) is 0 Å². The van der Waals surface area contributed by atoms with Crippen LogP contribution in [0.1, 0.15) is 54.9 Å². The summed E-state index contributed by atoms with van der Waals surface area (Å²) in [6.07, 6.45) is -0.255. The lowest BCUT2D eigenvalue weighted by molar-refractivity contribution is -0.150. The van der Waals surface area contributed by atoms with Crippen LogP contribution in [0, 0.1) is 11.3 Å². The predicted octanol–water partition coefficient (Wildman–Crippen LogP) is 5.85. The van der Waals surface area contributed by atoms with Crippen LogP contribution >= 0.6 is 7.52 Å². The summed E-state index contributed by atoms with van der Waals surface area (Å²) in [5.74, 6) is -0.723. The van der Waals surface area contributed by atoms with Crippen LogP contribution in [-0.4, -0.2) is 23.8 Å². The molecule has 0 saturated heterocycles. The van der Waals surface area contributed by atoms with Crippen molar-refractivity contribution in [3.05, 3.63) is 30.3 Å². The van der Waals surface area contributed by atoms with E-state index in [9.17, 15) is 9.36 Å². The minimum Gasteiger partial charge on any atom is -0.462 e. The van der Waals surface area contributed by atoms with Crippen LogP contribution in [0.4, 0.5) is 8.78 Å². The number of rotatable bonds is 9. The summed E-state index contributed by atoms with van der Waals surface area (Å²) in [6, 6.07) is 6.56. The number of ether oxygens (including phenoxy) is 1. The zero-order valence-corrected chi connectivity index (χ0v) is 18.6. The van der Waals surface area contributed by atoms with E-state index >= 15 is 8.78 Å². The molecular formula is C20H32F2NO4P. The van der Waals surface area contributed by atoms with Crippen LogP contribution in [0.3, 0.4) is 0 Å². The topological polar surface area (TPSA) is 64.6 Å². The summed E-state index contributed by atoms with van der Waals surface area (Å²) < 4.78 is 54.6. The normalized spacial score (nSPS) is 16.0. The number of carbonyl (C=O) groups is 1. The van der Waals surface area contributed by atoms with Crippen molar-refractivity contribution in [2.24, 2.45) is 11.3 Å². The minimum atomic E-state index is -4.86. The highest BCUT2D eigenvalue weighted by Gasteiger charge is 2.62. The summed E-state index contributed by atoms with van der Waals surface area (Å²) in [5.41, 5.74) is -5.42. The van der Waals surface area contributed by atoms with Crippen LogP contribution in [0.5, 0.6) is 5.75 Å². The highest BCUT2D eigenvalue weighted by Crippen LogP contribution is 2.64. The standard InChI is InChI=1S/C20H32F2NO4P/c1-14(2)13-17(18(24)26-15(3)4)23-28(25,20(21,22)19(5,6)7)27-16-11-9-8-10-12-16/h8-12,14-15,17H,13H2,1-7H3,(H,23,25)/t17-,28?/m0/s1. The van der Waals surface area contributed by atoms with Gasteiger partial charge in [0.05, 0.1) is 6.10 Å². The van der Waals surface area contributed by atoms with Gasteiger partial charge in [-0.1, -0.05) is 52.8 Å². The second kappa shape index (κ2) is 9.36. The highest BCUT2D eigenvalue weighted by atomic mass is 31.2. The van der Waals surface area contributed by atoms with Crippen LogP contribution in [-0.2, 0) is 14.1 Å². The quantitative estimate of drug-likeness (QED) is 0.402. The molecule has 160 valence electrons. The van der Waals surface area contributed by atoms with E-state index < -0.39 is 36.7 Å². The van der Waals surface area contributed by atoms with Crippen LogP contribution in [0.15, 0.2) is 30.3 Å². The van der Waals surface area contributed by atoms with Gasteiger partial charge in [0.2, 0.25) is 0 Å². The molecule has 8 heteroatoms. The maximum Gasteiger partial charge on any atom is 0.386 e. The third-order valence-corrected chi connectivity index (χ3v) is 6.45. The summed E-state index contributed by atoms with van der Waals surface area (Å²) in [5, 5.41) is 2.37. The Morgan fingerprint density at radius 3 is 2.07 bits per heavy atom. The van der Waals surface area contributed by atoms with E-state index in [1.807, 2.05) is 13.8 Å². The van der Waals surface area contributed by atoms with Crippen molar-refractivity contribution >= 4 is 13.5 Å². The van der Waals surface area contributed by atoms with Gasteiger partial charge in [0.15, 0.2) is 0 Å². The van der Waals surface area contributed by atoms with Gasteiger partial charge in [0.1, 0.15) is 11.8 Å². The predicted molar refractivity (Wildman–Crippen MR) is 107 cm³/mol. The number of esters is 1. The number of hydrogen-bond acceptors (Lipinski definition) is 4. The summed E-state index contributed by atoms with van der Waals surface area (Å²) in [7, 11) is -4.86. The molecule has 0 amide bonds. The fraction of sp³-hybridized carbons (Fsp3) is 0.650. The average molecular weight is 419 g/mol.